The summed E-state index contributed by atoms with van der Waals surface area (Å²) in [5, 5.41) is 20.3. The van der Waals surface area contributed by atoms with Crippen molar-refractivity contribution in [3.8, 4) is 6.07 Å². The van der Waals surface area contributed by atoms with Gasteiger partial charge in [-0.3, -0.25) is 0 Å². The molecule has 1 heterocycles. The highest BCUT2D eigenvalue weighted by atomic mass is 16.4. The van der Waals surface area contributed by atoms with E-state index in [-0.39, 0.29) is 5.69 Å². The number of carboxylic acid groups (broad SMARTS) is 1. The number of anilines is 1. The molecule has 0 aromatic carbocycles. The molecule has 6 heteroatoms. The van der Waals surface area contributed by atoms with Crippen LogP contribution in [0.5, 0.6) is 0 Å². The molecule has 0 amide bonds. The van der Waals surface area contributed by atoms with Crippen molar-refractivity contribution in [2.45, 2.75) is 13.8 Å². The highest BCUT2D eigenvalue weighted by molar-refractivity contribution is 5.84. The van der Waals surface area contributed by atoms with Gasteiger partial charge in [0.25, 0.3) is 0 Å². The second kappa shape index (κ2) is 4.57. The van der Waals surface area contributed by atoms with Gasteiger partial charge in [-0.25, -0.2) is 14.8 Å². The van der Waals surface area contributed by atoms with Crippen molar-refractivity contribution >= 4 is 11.8 Å². The third-order valence-electron chi connectivity index (χ3n) is 1.89. The minimum absolute atomic E-state index is 0.106. The van der Waals surface area contributed by atoms with Crippen molar-refractivity contribution in [1.82, 2.24) is 9.97 Å². The Hall–Kier alpha value is -2.16. The summed E-state index contributed by atoms with van der Waals surface area (Å²) in [4.78, 5) is 18.1. The molecule has 0 bridgehead atoms. The van der Waals surface area contributed by atoms with Crippen LogP contribution in [0.2, 0.25) is 0 Å². The minimum Gasteiger partial charge on any atom is -0.476 e. The lowest BCUT2D eigenvalue weighted by atomic mass is 9.96. The van der Waals surface area contributed by atoms with Gasteiger partial charge in [0, 0.05) is 6.54 Å². The van der Waals surface area contributed by atoms with E-state index in [1.165, 1.54) is 12.4 Å². The van der Waals surface area contributed by atoms with E-state index in [2.05, 4.69) is 21.4 Å². The lowest BCUT2D eigenvalue weighted by Crippen LogP contribution is -2.21. The first-order valence-corrected chi connectivity index (χ1v) is 4.65. The Morgan fingerprint density at radius 1 is 1.56 bits per heavy atom. The number of hydrogen-bond donors (Lipinski definition) is 2. The number of aromatic nitrogens is 2. The molecule has 6 nitrogen and oxygen atoms in total. The maximum atomic E-state index is 10.5. The van der Waals surface area contributed by atoms with Gasteiger partial charge in [-0.05, 0) is 13.8 Å². The Morgan fingerprint density at radius 2 is 2.25 bits per heavy atom. The van der Waals surface area contributed by atoms with Crippen LogP contribution in [0.4, 0.5) is 5.82 Å². The number of carboxylic acids is 1. The Balaban J connectivity index is 2.64. The molecule has 1 aromatic heterocycles. The van der Waals surface area contributed by atoms with Crippen molar-refractivity contribution in [2.24, 2.45) is 5.41 Å². The molecule has 0 fully saturated rings. The Labute approximate surface area is 93.0 Å². The van der Waals surface area contributed by atoms with Gasteiger partial charge in [0.1, 0.15) is 5.82 Å². The predicted octanol–water partition coefficient (Wildman–Crippen LogP) is 1.14. The number of nitrogens with one attached hydrogen (secondary N) is 1. The average Bonchev–Trinajstić information content (AvgIpc) is 2.27. The van der Waals surface area contributed by atoms with Crippen molar-refractivity contribution in [2.75, 3.05) is 11.9 Å². The maximum absolute atomic E-state index is 10.5. The van der Waals surface area contributed by atoms with Gasteiger partial charge in [-0.1, -0.05) is 0 Å². The summed E-state index contributed by atoms with van der Waals surface area (Å²) in [5.74, 6) is -0.662. The summed E-state index contributed by atoms with van der Waals surface area (Å²) in [6.45, 7) is 4.00. The molecular formula is C10H12N4O2. The SMILES string of the molecule is CC(C)(C#N)CNc1cnc(C(=O)O)cn1. The van der Waals surface area contributed by atoms with Gasteiger partial charge in [-0.2, -0.15) is 5.26 Å². The fourth-order valence-electron chi connectivity index (χ4n) is 0.881. The molecule has 2 N–H and O–H groups in total. The van der Waals surface area contributed by atoms with E-state index in [1.54, 1.807) is 13.8 Å². The Bertz CT molecular complexity index is 419. The first kappa shape index (κ1) is 11.9. The molecule has 0 spiro atoms. The quantitative estimate of drug-likeness (QED) is 0.789. The minimum atomic E-state index is -1.11. The second-order valence-electron chi connectivity index (χ2n) is 3.94. The standard InChI is InChI=1S/C10H12N4O2/c1-10(2,5-11)6-14-8-4-12-7(3-13-8)9(15)16/h3-4H,6H2,1-2H3,(H,13,14)(H,15,16). The van der Waals surface area contributed by atoms with Crippen molar-refractivity contribution in [3.05, 3.63) is 18.1 Å². The number of hydrogen-bond acceptors (Lipinski definition) is 5. The van der Waals surface area contributed by atoms with Crippen LogP contribution in [0, 0.1) is 16.7 Å². The summed E-state index contributed by atoms with van der Waals surface area (Å²) in [6, 6.07) is 2.14. The average molecular weight is 220 g/mol. The first-order valence-electron chi connectivity index (χ1n) is 4.65. The zero-order chi connectivity index (χ0) is 12.2. The van der Waals surface area contributed by atoms with Gasteiger partial charge in [0.15, 0.2) is 5.69 Å². The molecule has 0 aliphatic rings. The highest BCUT2D eigenvalue weighted by Crippen LogP contribution is 2.13. The molecule has 0 radical (unpaired) electrons. The molecule has 0 saturated heterocycles. The van der Waals surface area contributed by atoms with E-state index >= 15 is 0 Å². The molecule has 0 unspecified atom stereocenters. The number of nitriles is 1. The molecule has 0 aliphatic carbocycles. The monoisotopic (exact) mass is 220 g/mol. The Kier molecular flexibility index (Phi) is 3.40. The van der Waals surface area contributed by atoms with Crippen LogP contribution in [-0.4, -0.2) is 27.6 Å². The third-order valence-corrected chi connectivity index (χ3v) is 1.89. The lowest BCUT2D eigenvalue weighted by Gasteiger charge is -2.15. The summed E-state index contributed by atoms with van der Waals surface area (Å²) in [7, 11) is 0. The topological polar surface area (TPSA) is 98.9 Å². The second-order valence-corrected chi connectivity index (χ2v) is 3.94. The van der Waals surface area contributed by atoms with Crippen LogP contribution in [0.3, 0.4) is 0 Å². The van der Waals surface area contributed by atoms with Crippen LogP contribution in [0.15, 0.2) is 12.4 Å². The number of carbonyl (C=O) groups is 1. The van der Waals surface area contributed by atoms with Crippen LogP contribution in [0.1, 0.15) is 24.3 Å². The van der Waals surface area contributed by atoms with E-state index in [4.69, 9.17) is 10.4 Å². The molecule has 0 saturated carbocycles. The molecule has 1 aromatic rings. The zero-order valence-electron chi connectivity index (χ0n) is 9.06. The summed E-state index contributed by atoms with van der Waals surface area (Å²) >= 11 is 0. The van der Waals surface area contributed by atoms with Gasteiger partial charge in [0.2, 0.25) is 0 Å². The summed E-state index contributed by atoms with van der Waals surface area (Å²) < 4.78 is 0. The van der Waals surface area contributed by atoms with Crippen LogP contribution >= 0.6 is 0 Å². The normalized spacial score (nSPS) is 10.6. The van der Waals surface area contributed by atoms with Crippen LogP contribution in [-0.2, 0) is 0 Å². The fraction of sp³-hybridized carbons (Fsp3) is 0.400. The van der Waals surface area contributed by atoms with Gasteiger partial charge < -0.3 is 10.4 Å². The predicted molar refractivity (Wildman–Crippen MR) is 56.9 cm³/mol. The fourth-order valence-corrected chi connectivity index (χ4v) is 0.881. The number of aromatic carboxylic acids is 1. The summed E-state index contributed by atoms with van der Waals surface area (Å²) in [5.41, 5.74) is -0.613. The van der Waals surface area contributed by atoms with E-state index in [0.717, 1.165) is 0 Å². The molecule has 1 rings (SSSR count). The van der Waals surface area contributed by atoms with Gasteiger partial charge in [-0.15, -0.1) is 0 Å². The van der Waals surface area contributed by atoms with Crippen LogP contribution < -0.4 is 5.32 Å². The van der Waals surface area contributed by atoms with Gasteiger partial charge >= 0.3 is 5.97 Å². The zero-order valence-corrected chi connectivity index (χ0v) is 9.06. The van der Waals surface area contributed by atoms with Crippen molar-refractivity contribution < 1.29 is 9.90 Å². The van der Waals surface area contributed by atoms with E-state index in [1.807, 2.05) is 0 Å². The molecule has 16 heavy (non-hydrogen) atoms. The van der Waals surface area contributed by atoms with E-state index < -0.39 is 11.4 Å². The molecule has 84 valence electrons. The first-order chi connectivity index (χ1) is 7.44. The van der Waals surface area contributed by atoms with Crippen molar-refractivity contribution in [1.29, 1.82) is 5.26 Å². The molecule has 0 aliphatic heterocycles. The smallest absolute Gasteiger partial charge is 0.356 e. The lowest BCUT2D eigenvalue weighted by molar-refractivity contribution is 0.0690. The summed E-state index contributed by atoms with van der Waals surface area (Å²) in [6.07, 6.45) is 2.50. The molecule has 0 atom stereocenters. The largest absolute Gasteiger partial charge is 0.476 e. The highest BCUT2D eigenvalue weighted by Gasteiger charge is 2.16. The van der Waals surface area contributed by atoms with Crippen molar-refractivity contribution in [3.63, 3.8) is 0 Å². The third kappa shape index (κ3) is 3.20. The number of nitrogens with zero attached hydrogens (tertiary/aromatic N) is 3. The van der Waals surface area contributed by atoms with E-state index in [0.29, 0.717) is 12.4 Å². The van der Waals surface area contributed by atoms with E-state index in [9.17, 15) is 4.79 Å². The van der Waals surface area contributed by atoms with Gasteiger partial charge in [0.05, 0.1) is 23.9 Å². The molecular weight excluding hydrogens is 208 g/mol. The maximum Gasteiger partial charge on any atom is 0.356 e. The number of rotatable bonds is 4. The van der Waals surface area contributed by atoms with Crippen LogP contribution in [0.25, 0.3) is 0 Å². The Morgan fingerprint density at radius 3 is 2.69 bits per heavy atom.